The third-order valence-corrected chi connectivity index (χ3v) is 6.16. The summed E-state index contributed by atoms with van der Waals surface area (Å²) in [5.41, 5.74) is 4.72. The predicted octanol–water partition coefficient (Wildman–Crippen LogP) is 1.19. The molecule has 0 aliphatic carbocycles. The molecule has 1 amide bonds. The molecule has 0 aromatic heterocycles. The third kappa shape index (κ3) is 4.10. The van der Waals surface area contributed by atoms with Gasteiger partial charge in [-0.15, -0.1) is 0 Å². The predicted molar refractivity (Wildman–Crippen MR) is 90.2 cm³/mol. The molecule has 1 unspecified atom stereocenters. The number of benzene rings is 1. The van der Waals surface area contributed by atoms with E-state index in [0.717, 1.165) is 31.6 Å². The molecule has 2 aliphatic rings. The molecule has 23 heavy (non-hydrogen) atoms. The van der Waals surface area contributed by atoms with Crippen LogP contribution < -0.4 is 10.3 Å². The average molecular weight is 335 g/mol. The minimum absolute atomic E-state index is 0.0501. The maximum atomic E-state index is 12.0. The number of hydrogen-bond donors (Lipinski definition) is 1. The van der Waals surface area contributed by atoms with Crippen LogP contribution in [-0.4, -0.2) is 44.6 Å². The van der Waals surface area contributed by atoms with Crippen molar-refractivity contribution in [2.24, 2.45) is 11.0 Å². The molecule has 2 fully saturated rings. The molecule has 2 aliphatic heterocycles. The van der Waals surface area contributed by atoms with Gasteiger partial charge in [0.2, 0.25) is 5.91 Å². The maximum Gasteiger partial charge on any atom is 0.244 e. The van der Waals surface area contributed by atoms with Crippen molar-refractivity contribution < 1.29 is 13.2 Å². The van der Waals surface area contributed by atoms with E-state index in [1.165, 1.54) is 5.69 Å². The Morgan fingerprint density at radius 2 is 1.87 bits per heavy atom. The van der Waals surface area contributed by atoms with Gasteiger partial charge in [0.05, 0.1) is 17.4 Å². The van der Waals surface area contributed by atoms with E-state index in [0.29, 0.717) is 6.42 Å². The molecule has 1 atom stereocenters. The van der Waals surface area contributed by atoms with E-state index >= 15 is 0 Å². The Hall–Kier alpha value is -1.89. The van der Waals surface area contributed by atoms with Crippen LogP contribution in [0.4, 0.5) is 5.69 Å². The van der Waals surface area contributed by atoms with Gasteiger partial charge in [-0.2, -0.15) is 5.10 Å². The Balaban J connectivity index is 1.50. The smallest absolute Gasteiger partial charge is 0.244 e. The van der Waals surface area contributed by atoms with Crippen LogP contribution in [0.15, 0.2) is 35.4 Å². The van der Waals surface area contributed by atoms with Crippen LogP contribution in [0, 0.1) is 5.92 Å². The first kappa shape index (κ1) is 16.0. The van der Waals surface area contributed by atoms with Crippen LogP contribution in [0.1, 0.15) is 19.3 Å². The highest BCUT2D eigenvalue weighted by atomic mass is 32.2. The minimum atomic E-state index is -3.04. The number of carbonyl (C=O) groups excluding carboxylic acids is 1. The molecule has 0 radical (unpaired) electrons. The lowest BCUT2D eigenvalue weighted by molar-refractivity contribution is -0.124. The van der Waals surface area contributed by atoms with E-state index in [4.69, 9.17) is 0 Å². The maximum absolute atomic E-state index is 12.0. The van der Waals surface area contributed by atoms with Crippen molar-refractivity contribution in [2.75, 3.05) is 29.5 Å². The first-order chi connectivity index (χ1) is 11.0. The average Bonchev–Trinajstić information content (AvgIpc) is 2.94. The highest BCUT2D eigenvalue weighted by Crippen LogP contribution is 2.19. The number of piperidine rings is 1. The number of carbonyl (C=O) groups is 1. The van der Waals surface area contributed by atoms with Gasteiger partial charge >= 0.3 is 0 Å². The molecule has 0 spiro atoms. The van der Waals surface area contributed by atoms with E-state index in [1.54, 1.807) is 0 Å². The molecular formula is C16H21N3O3S. The Morgan fingerprint density at radius 3 is 2.48 bits per heavy atom. The molecule has 1 aromatic rings. The summed E-state index contributed by atoms with van der Waals surface area (Å²) < 4.78 is 22.8. The quantitative estimate of drug-likeness (QED) is 0.842. The molecule has 2 saturated heterocycles. The van der Waals surface area contributed by atoms with E-state index in [-0.39, 0.29) is 17.4 Å². The molecule has 6 nitrogen and oxygen atoms in total. The first-order valence-electron chi connectivity index (χ1n) is 7.89. The van der Waals surface area contributed by atoms with Gasteiger partial charge in [-0.05, 0) is 18.6 Å². The van der Waals surface area contributed by atoms with Crippen LogP contribution in [0.5, 0.6) is 0 Å². The van der Waals surface area contributed by atoms with Gasteiger partial charge < -0.3 is 4.90 Å². The van der Waals surface area contributed by atoms with Gasteiger partial charge in [0, 0.05) is 37.3 Å². The van der Waals surface area contributed by atoms with Gasteiger partial charge in [0.1, 0.15) is 0 Å². The van der Waals surface area contributed by atoms with Crippen LogP contribution in [0.3, 0.4) is 0 Å². The van der Waals surface area contributed by atoms with E-state index < -0.39 is 15.8 Å². The molecule has 0 bridgehead atoms. The fourth-order valence-electron chi connectivity index (χ4n) is 3.00. The van der Waals surface area contributed by atoms with Crippen LogP contribution in [0.2, 0.25) is 0 Å². The van der Waals surface area contributed by atoms with Crippen LogP contribution >= 0.6 is 0 Å². The van der Waals surface area contributed by atoms with Crippen LogP contribution in [0.25, 0.3) is 0 Å². The number of para-hydroxylation sites is 1. The zero-order valence-corrected chi connectivity index (χ0v) is 13.8. The van der Waals surface area contributed by atoms with Gasteiger partial charge in [-0.1, -0.05) is 18.2 Å². The van der Waals surface area contributed by atoms with E-state index in [9.17, 15) is 13.2 Å². The number of sulfone groups is 1. The number of hydrazone groups is 1. The SMILES string of the molecule is O=C(NN=C1CCN(c2ccccc2)CC1)C1CCS(=O)(=O)C1. The van der Waals surface area contributed by atoms with Crippen molar-refractivity contribution in [3.8, 4) is 0 Å². The zero-order chi connectivity index (χ0) is 16.3. The largest absolute Gasteiger partial charge is 0.371 e. The molecule has 7 heteroatoms. The van der Waals surface area contributed by atoms with Crippen LogP contribution in [-0.2, 0) is 14.6 Å². The van der Waals surface area contributed by atoms with E-state index in [1.807, 2.05) is 18.2 Å². The fourth-order valence-corrected chi connectivity index (χ4v) is 4.74. The van der Waals surface area contributed by atoms with E-state index in [2.05, 4.69) is 27.6 Å². The fraction of sp³-hybridized carbons (Fsp3) is 0.500. The minimum Gasteiger partial charge on any atom is -0.371 e. The summed E-state index contributed by atoms with van der Waals surface area (Å²) in [7, 11) is -3.04. The normalized spacial score (nSPS) is 23.6. The number of nitrogens with zero attached hydrogens (tertiary/aromatic N) is 2. The molecule has 3 rings (SSSR count). The Bertz CT molecular complexity index is 691. The summed E-state index contributed by atoms with van der Waals surface area (Å²) in [5.74, 6) is -0.670. The number of hydrogen-bond acceptors (Lipinski definition) is 5. The monoisotopic (exact) mass is 335 g/mol. The van der Waals surface area contributed by atoms with Gasteiger partial charge in [-0.3, -0.25) is 4.79 Å². The molecular weight excluding hydrogens is 314 g/mol. The number of anilines is 1. The second-order valence-electron chi connectivity index (χ2n) is 6.08. The summed E-state index contributed by atoms with van der Waals surface area (Å²) in [6.07, 6.45) is 2.01. The summed E-state index contributed by atoms with van der Waals surface area (Å²) in [5, 5.41) is 4.20. The van der Waals surface area contributed by atoms with Crippen molar-refractivity contribution >= 4 is 27.1 Å². The lowest BCUT2D eigenvalue weighted by Gasteiger charge is -2.29. The molecule has 1 N–H and O–H groups in total. The Morgan fingerprint density at radius 1 is 1.17 bits per heavy atom. The second kappa shape index (κ2) is 6.70. The summed E-state index contributed by atoms with van der Waals surface area (Å²) in [4.78, 5) is 14.3. The van der Waals surface area contributed by atoms with Crippen molar-refractivity contribution in [3.05, 3.63) is 30.3 Å². The first-order valence-corrected chi connectivity index (χ1v) is 9.71. The summed E-state index contributed by atoms with van der Waals surface area (Å²) in [6, 6.07) is 10.2. The Kier molecular flexibility index (Phi) is 4.66. The zero-order valence-electron chi connectivity index (χ0n) is 12.9. The van der Waals surface area contributed by atoms with Crippen molar-refractivity contribution in [3.63, 3.8) is 0 Å². The number of nitrogens with one attached hydrogen (secondary N) is 1. The molecule has 1 aromatic carbocycles. The molecule has 0 saturated carbocycles. The highest BCUT2D eigenvalue weighted by molar-refractivity contribution is 7.91. The number of rotatable bonds is 3. The number of amides is 1. The van der Waals surface area contributed by atoms with Crippen molar-refractivity contribution in [1.82, 2.24) is 5.43 Å². The third-order valence-electron chi connectivity index (χ3n) is 4.39. The topological polar surface area (TPSA) is 78.8 Å². The van der Waals surface area contributed by atoms with Gasteiger partial charge in [-0.25, -0.2) is 13.8 Å². The van der Waals surface area contributed by atoms with Crippen molar-refractivity contribution in [2.45, 2.75) is 19.3 Å². The lowest BCUT2D eigenvalue weighted by atomic mass is 10.1. The molecule has 2 heterocycles. The lowest BCUT2D eigenvalue weighted by Crippen LogP contribution is -2.35. The Labute approximate surface area is 136 Å². The van der Waals surface area contributed by atoms with Crippen molar-refractivity contribution in [1.29, 1.82) is 0 Å². The standard InChI is InChI=1S/C16H21N3O3S/c20-16(13-8-11-23(21,22)12-13)18-17-14-6-9-19(10-7-14)15-4-2-1-3-5-15/h1-5,13H,6-12H2,(H,18,20). The second-order valence-corrected chi connectivity index (χ2v) is 8.31. The summed E-state index contributed by atoms with van der Waals surface area (Å²) >= 11 is 0. The molecule has 124 valence electrons. The van der Waals surface area contributed by atoms with Gasteiger partial charge in [0.15, 0.2) is 9.84 Å². The highest BCUT2D eigenvalue weighted by Gasteiger charge is 2.33. The summed E-state index contributed by atoms with van der Waals surface area (Å²) in [6.45, 7) is 1.74. The van der Waals surface area contributed by atoms with Gasteiger partial charge in [0.25, 0.3) is 0 Å².